The number of phenolic OH excluding ortho intramolecular Hbond substituents is 1. The monoisotopic (exact) mass is 460 g/mol. The fourth-order valence-electron chi connectivity index (χ4n) is 3.84. The van der Waals surface area contributed by atoms with E-state index in [2.05, 4.69) is 9.97 Å². The smallest absolute Gasteiger partial charge is 0.335 e. The second-order valence-electron chi connectivity index (χ2n) is 7.45. The first-order valence-corrected chi connectivity index (χ1v) is 11.5. The van der Waals surface area contributed by atoms with E-state index in [1.807, 2.05) is 9.80 Å². The van der Waals surface area contributed by atoms with Gasteiger partial charge in [0.1, 0.15) is 5.75 Å². The summed E-state index contributed by atoms with van der Waals surface area (Å²) in [6.45, 7) is 2.34. The van der Waals surface area contributed by atoms with Crippen LogP contribution in [0.1, 0.15) is 16.1 Å². The molecule has 170 valence electrons. The summed E-state index contributed by atoms with van der Waals surface area (Å²) in [6.07, 6.45) is 0. The van der Waals surface area contributed by atoms with Crippen LogP contribution >= 0.6 is 11.8 Å². The molecule has 2 aromatic rings. The summed E-state index contributed by atoms with van der Waals surface area (Å²) in [7, 11) is 0. The number of benzene rings is 1. The van der Waals surface area contributed by atoms with Crippen molar-refractivity contribution in [2.45, 2.75) is 6.61 Å². The number of anilines is 2. The van der Waals surface area contributed by atoms with Crippen molar-refractivity contribution in [1.29, 1.82) is 0 Å². The number of nitro groups is 1. The van der Waals surface area contributed by atoms with Gasteiger partial charge in [0.25, 0.3) is 5.91 Å². The summed E-state index contributed by atoms with van der Waals surface area (Å²) in [4.78, 5) is 38.1. The minimum Gasteiger partial charge on any atom is -0.507 e. The maximum absolute atomic E-state index is 12.7. The topological polar surface area (TPSA) is 136 Å². The van der Waals surface area contributed by atoms with Crippen LogP contribution < -0.4 is 9.80 Å². The molecular formula is C20H24N6O5S. The molecule has 0 unspecified atom stereocenters. The van der Waals surface area contributed by atoms with Gasteiger partial charge in [-0.15, -0.1) is 0 Å². The molecule has 2 fully saturated rings. The van der Waals surface area contributed by atoms with Crippen molar-refractivity contribution >= 4 is 35.1 Å². The highest BCUT2D eigenvalue weighted by atomic mass is 32.2. The summed E-state index contributed by atoms with van der Waals surface area (Å²) in [5, 5.41) is 31.4. The van der Waals surface area contributed by atoms with E-state index < -0.39 is 11.5 Å². The maximum Gasteiger partial charge on any atom is 0.335 e. The van der Waals surface area contributed by atoms with Crippen LogP contribution in [0.25, 0.3) is 0 Å². The van der Waals surface area contributed by atoms with E-state index in [1.54, 1.807) is 34.9 Å². The molecule has 0 aliphatic carbocycles. The standard InChI is InChI=1S/C20H24N6O5S/c27-13-15-17(26(30)31)18(23-9-11-32-12-10-23)22-20(21-15)25-7-5-24(6-8-25)19(29)14-3-1-2-4-16(14)28/h1-4,27-28H,5-13H2. The summed E-state index contributed by atoms with van der Waals surface area (Å²) in [5.74, 6) is 1.92. The zero-order chi connectivity index (χ0) is 22.7. The lowest BCUT2D eigenvalue weighted by Crippen LogP contribution is -2.49. The van der Waals surface area contributed by atoms with Gasteiger partial charge in [0.15, 0.2) is 5.69 Å². The Morgan fingerprint density at radius 1 is 1.06 bits per heavy atom. The van der Waals surface area contributed by atoms with Crippen LogP contribution in [0, 0.1) is 10.1 Å². The molecule has 0 spiro atoms. The van der Waals surface area contributed by atoms with Crippen LogP contribution in [0.3, 0.4) is 0 Å². The third kappa shape index (κ3) is 4.41. The molecule has 4 rings (SSSR count). The van der Waals surface area contributed by atoms with Crippen molar-refractivity contribution < 1.29 is 19.9 Å². The SMILES string of the molecule is O=C(c1ccccc1O)N1CCN(c2nc(CO)c([N+](=O)[O-])c(N3CCSCC3)n2)CC1. The van der Waals surface area contributed by atoms with Crippen LogP contribution in [0.4, 0.5) is 17.5 Å². The average Bonchev–Trinajstić information content (AvgIpc) is 2.83. The number of hydrogen-bond donors (Lipinski definition) is 2. The molecule has 2 N–H and O–H groups in total. The molecule has 1 aromatic heterocycles. The van der Waals surface area contributed by atoms with Gasteiger partial charge in [0.2, 0.25) is 11.8 Å². The van der Waals surface area contributed by atoms with Crippen LogP contribution in [0.15, 0.2) is 24.3 Å². The van der Waals surface area contributed by atoms with Gasteiger partial charge in [-0.25, -0.2) is 4.98 Å². The number of nitrogens with zero attached hydrogens (tertiary/aromatic N) is 6. The lowest BCUT2D eigenvalue weighted by molar-refractivity contribution is -0.385. The highest BCUT2D eigenvalue weighted by Crippen LogP contribution is 2.33. The fraction of sp³-hybridized carbons (Fsp3) is 0.450. The van der Waals surface area contributed by atoms with Crippen LogP contribution in [0.5, 0.6) is 5.75 Å². The predicted octanol–water partition coefficient (Wildman–Crippen LogP) is 1.10. The predicted molar refractivity (Wildman–Crippen MR) is 120 cm³/mol. The number of carbonyl (C=O) groups is 1. The van der Waals surface area contributed by atoms with E-state index in [9.17, 15) is 25.1 Å². The summed E-state index contributed by atoms with van der Waals surface area (Å²) in [5.41, 5.74) is -0.0159. The van der Waals surface area contributed by atoms with E-state index in [0.29, 0.717) is 45.2 Å². The van der Waals surface area contributed by atoms with Crippen molar-refractivity contribution in [3.8, 4) is 5.75 Å². The third-order valence-corrected chi connectivity index (χ3v) is 6.50. The second-order valence-corrected chi connectivity index (χ2v) is 8.68. The van der Waals surface area contributed by atoms with Crippen LogP contribution in [-0.2, 0) is 6.61 Å². The van der Waals surface area contributed by atoms with E-state index in [0.717, 1.165) is 11.5 Å². The highest BCUT2D eigenvalue weighted by Gasteiger charge is 2.32. The van der Waals surface area contributed by atoms with Crippen molar-refractivity contribution in [3.63, 3.8) is 0 Å². The number of para-hydroxylation sites is 1. The maximum atomic E-state index is 12.7. The van der Waals surface area contributed by atoms with Gasteiger partial charge in [-0.1, -0.05) is 12.1 Å². The Morgan fingerprint density at radius 2 is 1.75 bits per heavy atom. The first-order chi connectivity index (χ1) is 15.5. The number of thioether (sulfide) groups is 1. The lowest BCUT2D eigenvalue weighted by atomic mass is 10.1. The molecular weight excluding hydrogens is 436 g/mol. The zero-order valence-electron chi connectivity index (χ0n) is 17.4. The normalized spacial score (nSPS) is 16.8. The molecule has 2 aliphatic heterocycles. The molecule has 0 radical (unpaired) electrons. The number of hydrogen-bond acceptors (Lipinski definition) is 10. The molecule has 3 heterocycles. The van der Waals surface area contributed by atoms with Crippen molar-refractivity contribution in [2.75, 3.05) is 60.6 Å². The number of aromatic hydroxyl groups is 1. The molecule has 1 amide bonds. The van der Waals surface area contributed by atoms with Gasteiger partial charge in [0.05, 0.1) is 17.1 Å². The third-order valence-electron chi connectivity index (χ3n) is 5.55. The fourth-order valence-corrected chi connectivity index (χ4v) is 4.75. The molecule has 12 heteroatoms. The molecule has 11 nitrogen and oxygen atoms in total. The number of aromatic nitrogens is 2. The molecule has 0 saturated carbocycles. The molecule has 0 bridgehead atoms. The number of carbonyl (C=O) groups excluding carboxylic acids is 1. The Hall–Kier alpha value is -3.12. The Bertz CT molecular complexity index is 1010. The number of phenols is 1. The van der Waals surface area contributed by atoms with Crippen molar-refractivity contribution in [1.82, 2.24) is 14.9 Å². The number of amides is 1. The van der Waals surface area contributed by atoms with Gasteiger partial charge in [-0.2, -0.15) is 16.7 Å². The summed E-state index contributed by atoms with van der Waals surface area (Å²) >= 11 is 1.78. The molecule has 32 heavy (non-hydrogen) atoms. The van der Waals surface area contributed by atoms with Gasteiger partial charge >= 0.3 is 5.69 Å². The largest absolute Gasteiger partial charge is 0.507 e. The Kier molecular flexibility index (Phi) is 6.61. The second kappa shape index (κ2) is 9.57. The van der Waals surface area contributed by atoms with Gasteiger partial charge in [-0.05, 0) is 12.1 Å². The van der Waals surface area contributed by atoms with Gasteiger partial charge in [-0.3, -0.25) is 14.9 Å². The summed E-state index contributed by atoms with van der Waals surface area (Å²) in [6, 6.07) is 6.42. The zero-order valence-corrected chi connectivity index (χ0v) is 18.2. The minimum absolute atomic E-state index is 0.0130. The van der Waals surface area contributed by atoms with Crippen LogP contribution in [0.2, 0.25) is 0 Å². The van der Waals surface area contributed by atoms with E-state index in [1.165, 1.54) is 6.07 Å². The number of aliphatic hydroxyl groups is 1. The van der Waals surface area contributed by atoms with E-state index in [4.69, 9.17) is 0 Å². The number of rotatable bonds is 5. The molecule has 2 aliphatic rings. The number of aliphatic hydroxyl groups excluding tert-OH is 1. The Labute approximate surface area is 188 Å². The van der Waals surface area contributed by atoms with Gasteiger partial charge < -0.3 is 24.9 Å². The van der Waals surface area contributed by atoms with Crippen LogP contribution in [-0.4, -0.2) is 86.7 Å². The first-order valence-electron chi connectivity index (χ1n) is 10.3. The number of piperazine rings is 1. The molecule has 1 aromatic carbocycles. The van der Waals surface area contributed by atoms with Crippen molar-refractivity contribution in [3.05, 3.63) is 45.6 Å². The van der Waals surface area contributed by atoms with E-state index in [-0.39, 0.29) is 34.4 Å². The quantitative estimate of drug-likeness (QED) is 0.493. The first kappa shape index (κ1) is 22.1. The van der Waals surface area contributed by atoms with Gasteiger partial charge in [0, 0.05) is 50.8 Å². The molecule has 0 atom stereocenters. The average molecular weight is 461 g/mol. The van der Waals surface area contributed by atoms with Crippen molar-refractivity contribution in [2.24, 2.45) is 0 Å². The Balaban J connectivity index is 1.56. The minimum atomic E-state index is -0.562. The molecule has 2 saturated heterocycles. The lowest BCUT2D eigenvalue weighted by Gasteiger charge is -2.35. The summed E-state index contributed by atoms with van der Waals surface area (Å²) < 4.78 is 0. The Morgan fingerprint density at radius 3 is 2.38 bits per heavy atom. The van der Waals surface area contributed by atoms with E-state index >= 15 is 0 Å². The highest BCUT2D eigenvalue weighted by molar-refractivity contribution is 7.99.